The van der Waals surface area contributed by atoms with Crippen LogP contribution >= 0.6 is 0 Å². The van der Waals surface area contributed by atoms with Crippen LogP contribution in [-0.4, -0.2) is 6.10 Å². The van der Waals surface area contributed by atoms with E-state index in [0.29, 0.717) is 18.3 Å². The van der Waals surface area contributed by atoms with E-state index in [4.69, 9.17) is 10.5 Å². The zero-order chi connectivity index (χ0) is 12.1. The number of nitrogen functional groups attached to an aromatic ring is 1. The Bertz CT molecular complexity index is 359. The molecule has 17 heavy (non-hydrogen) atoms. The van der Waals surface area contributed by atoms with E-state index in [9.17, 15) is 4.39 Å². The van der Waals surface area contributed by atoms with Gasteiger partial charge in [0.25, 0.3) is 0 Å². The van der Waals surface area contributed by atoms with E-state index in [1.165, 1.54) is 25.7 Å². The van der Waals surface area contributed by atoms with Crippen LogP contribution in [0, 0.1) is 5.82 Å². The summed E-state index contributed by atoms with van der Waals surface area (Å²) < 4.78 is 19.4. The molecule has 0 unspecified atom stereocenters. The number of hydrogen-bond acceptors (Lipinski definition) is 2. The van der Waals surface area contributed by atoms with Crippen LogP contribution in [0.4, 0.5) is 10.1 Å². The first-order chi connectivity index (χ1) is 8.27. The third kappa shape index (κ3) is 3.43. The molecule has 1 aromatic rings. The highest BCUT2D eigenvalue weighted by molar-refractivity contribution is 5.42. The molecule has 1 aromatic carbocycles. The molecule has 3 heteroatoms. The van der Waals surface area contributed by atoms with Crippen molar-refractivity contribution >= 4 is 5.69 Å². The van der Waals surface area contributed by atoms with Crippen LogP contribution < -0.4 is 5.73 Å². The van der Waals surface area contributed by atoms with E-state index in [1.54, 1.807) is 18.2 Å². The van der Waals surface area contributed by atoms with E-state index >= 15 is 0 Å². The summed E-state index contributed by atoms with van der Waals surface area (Å²) in [5, 5.41) is 0. The Morgan fingerprint density at radius 1 is 1.18 bits per heavy atom. The second-order valence-electron chi connectivity index (χ2n) is 4.74. The van der Waals surface area contributed by atoms with Crippen LogP contribution in [-0.2, 0) is 11.3 Å². The second kappa shape index (κ2) is 6.01. The number of hydrogen-bond donors (Lipinski definition) is 1. The zero-order valence-corrected chi connectivity index (χ0v) is 10.1. The fraction of sp³-hybridized carbons (Fsp3) is 0.571. The molecule has 0 aliphatic heterocycles. The predicted octanol–water partition coefficient (Wildman–Crippen LogP) is 3.65. The lowest BCUT2D eigenvalue weighted by Crippen LogP contribution is -2.12. The summed E-state index contributed by atoms with van der Waals surface area (Å²) in [7, 11) is 0. The lowest BCUT2D eigenvalue weighted by Gasteiger charge is -2.15. The largest absolute Gasteiger partial charge is 0.396 e. The molecule has 2 N–H and O–H groups in total. The van der Waals surface area contributed by atoms with E-state index < -0.39 is 0 Å². The lowest BCUT2D eigenvalue weighted by atomic mass is 10.1. The third-order valence-electron chi connectivity index (χ3n) is 3.39. The summed E-state index contributed by atoms with van der Waals surface area (Å²) in [6.07, 6.45) is 7.54. The molecule has 1 saturated carbocycles. The molecule has 1 aliphatic carbocycles. The Labute approximate surface area is 102 Å². The van der Waals surface area contributed by atoms with Crippen molar-refractivity contribution in [3.63, 3.8) is 0 Å². The monoisotopic (exact) mass is 237 g/mol. The van der Waals surface area contributed by atoms with Gasteiger partial charge in [0.05, 0.1) is 18.4 Å². The second-order valence-corrected chi connectivity index (χ2v) is 4.74. The molecular weight excluding hydrogens is 217 g/mol. The number of ether oxygens (including phenoxy) is 1. The van der Waals surface area contributed by atoms with Crippen molar-refractivity contribution in [2.24, 2.45) is 0 Å². The average Bonchev–Trinajstić information content (AvgIpc) is 2.59. The van der Waals surface area contributed by atoms with Crippen molar-refractivity contribution in [1.29, 1.82) is 0 Å². The topological polar surface area (TPSA) is 35.2 Å². The molecule has 0 atom stereocenters. The fourth-order valence-corrected chi connectivity index (χ4v) is 2.33. The molecule has 0 bridgehead atoms. The van der Waals surface area contributed by atoms with Crippen LogP contribution in [0.5, 0.6) is 0 Å². The van der Waals surface area contributed by atoms with Crippen molar-refractivity contribution in [1.82, 2.24) is 0 Å². The third-order valence-corrected chi connectivity index (χ3v) is 3.39. The summed E-state index contributed by atoms with van der Waals surface area (Å²) in [6, 6.07) is 5.08. The summed E-state index contributed by atoms with van der Waals surface area (Å²) in [5.74, 6) is -0.332. The van der Waals surface area contributed by atoms with Gasteiger partial charge < -0.3 is 10.5 Å². The molecule has 0 amide bonds. The normalized spacial score (nSPS) is 17.9. The highest BCUT2D eigenvalue weighted by Gasteiger charge is 2.14. The molecule has 0 spiro atoms. The predicted molar refractivity (Wildman–Crippen MR) is 67.1 cm³/mol. The highest BCUT2D eigenvalue weighted by atomic mass is 19.1. The minimum atomic E-state index is -0.332. The molecule has 0 saturated heterocycles. The number of rotatable bonds is 3. The molecular formula is C14H20FNO. The minimum absolute atomic E-state index is 0.201. The molecule has 1 fully saturated rings. The van der Waals surface area contributed by atoms with Crippen molar-refractivity contribution < 1.29 is 9.13 Å². The maximum Gasteiger partial charge on any atom is 0.151 e. The van der Waals surface area contributed by atoms with Gasteiger partial charge in [-0.25, -0.2) is 4.39 Å². The van der Waals surface area contributed by atoms with Crippen LogP contribution in [0.2, 0.25) is 0 Å². The lowest BCUT2D eigenvalue weighted by molar-refractivity contribution is 0.0296. The van der Waals surface area contributed by atoms with Gasteiger partial charge in [0.15, 0.2) is 5.82 Å². The zero-order valence-electron chi connectivity index (χ0n) is 10.1. The van der Waals surface area contributed by atoms with E-state index in [2.05, 4.69) is 0 Å². The Balaban J connectivity index is 1.90. The van der Waals surface area contributed by atoms with Gasteiger partial charge in [0.1, 0.15) is 0 Å². The number of anilines is 1. The molecule has 0 radical (unpaired) electrons. The van der Waals surface area contributed by atoms with Gasteiger partial charge in [-0.2, -0.15) is 0 Å². The summed E-state index contributed by atoms with van der Waals surface area (Å²) in [6.45, 7) is 0.335. The molecule has 1 aliphatic rings. The van der Waals surface area contributed by atoms with E-state index in [1.807, 2.05) is 0 Å². The standard InChI is InChI=1S/C14H20FNO/c15-14-11(6-5-9-13(14)16)10-17-12-7-3-1-2-4-8-12/h5-6,9,12H,1-4,7-8,10,16H2. The van der Waals surface area contributed by atoms with E-state index in [0.717, 1.165) is 12.8 Å². The summed E-state index contributed by atoms with van der Waals surface area (Å²) in [4.78, 5) is 0. The van der Waals surface area contributed by atoms with E-state index in [-0.39, 0.29) is 11.5 Å². The van der Waals surface area contributed by atoms with Gasteiger partial charge in [0.2, 0.25) is 0 Å². The van der Waals surface area contributed by atoms with Crippen molar-refractivity contribution in [3.05, 3.63) is 29.6 Å². The molecule has 0 aromatic heterocycles. The van der Waals surface area contributed by atoms with Crippen molar-refractivity contribution in [3.8, 4) is 0 Å². The van der Waals surface area contributed by atoms with Crippen LogP contribution in [0.15, 0.2) is 18.2 Å². The Hall–Kier alpha value is -1.09. The van der Waals surface area contributed by atoms with Crippen LogP contribution in [0.3, 0.4) is 0 Å². The average molecular weight is 237 g/mol. The summed E-state index contributed by atoms with van der Waals surface area (Å²) in [5.41, 5.74) is 6.29. The highest BCUT2D eigenvalue weighted by Crippen LogP contribution is 2.22. The maximum atomic E-state index is 13.6. The van der Waals surface area contributed by atoms with Crippen LogP contribution in [0.25, 0.3) is 0 Å². The van der Waals surface area contributed by atoms with Gasteiger partial charge in [0, 0.05) is 5.56 Å². The van der Waals surface area contributed by atoms with Crippen LogP contribution in [0.1, 0.15) is 44.1 Å². The molecule has 2 nitrogen and oxygen atoms in total. The molecule has 2 rings (SSSR count). The molecule has 94 valence electrons. The minimum Gasteiger partial charge on any atom is -0.396 e. The van der Waals surface area contributed by atoms with Gasteiger partial charge in [-0.15, -0.1) is 0 Å². The smallest absolute Gasteiger partial charge is 0.151 e. The van der Waals surface area contributed by atoms with Gasteiger partial charge in [-0.05, 0) is 18.9 Å². The van der Waals surface area contributed by atoms with Gasteiger partial charge >= 0.3 is 0 Å². The fourth-order valence-electron chi connectivity index (χ4n) is 2.33. The maximum absolute atomic E-state index is 13.6. The van der Waals surface area contributed by atoms with Gasteiger partial charge in [-0.1, -0.05) is 37.8 Å². The number of benzene rings is 1. The SMILES string of the molecule is Nc1cccc(COC2CCCCCC2)c1F. The Kier molecular flexibility index (Phi) is 4.37. The van der Waals surface area contributed by atoms with Crippen molar-refractivity contribution in [2.45, 2.75) is 51.2 Å². The Morgan fingerprint density at radius 2 is 1.88 bits per heavy atom. The summed E-state index contributed by atoms with van der Waals surface area (Å²) >= 11 is 0. The molecule has 0 heterocycles. The first-order valence-electron chi connectivity index (χ1n) is 6.42. The number of nitrogens with two attached hydrogens (primary N) is 1. The van der Waals surface area contributed by atoms with Crippen molar-refractivity contribution in [2.75, 3.05) is 5.73 Å². The first kappa shape index (κ1) is 12.4. The Morgan fingerprint density at radius 3 is 2.59 bits per heavy atom. The number of halogens is 1. The first-order valence-corrected chi connectivity index (χ1v) is 6.42. The van der Waals surface area contributed by atoms with Gasteiger partial charge in [-0.3, -0.25) is 0 Å². The quantitative estimate of drug-likeness (QED) is 0.643.